The first-order chi connectivity index (χ1) is 7.75. The molecule has 0 saturated carbocycles. The van der Waals surface area contributed by atoms with Gasteiger partial charge in [0, 0.05) is 19.3 Å². The van der Waals surface area contributed by atoms with Gasteiger partial charge in [0.2, 0.25) is 0 Å². The number of carbonyl (C=O) groups is 1. The summed E-state index contributed by atoms with van der Waals surface area (Å²) >= 11 is 0. The van der Waals surface area contributed by atoms with E-state index in [0.29, 0.717) is 12.6 Å². The highest BCUT2D eigenvalue weighted by atomic mass is 16.4. The fourth-order valence-electron chi connectivity index (χ4n) is 2.71. The first-order valence-corrected chi connectivity index (χ1v) is 5.43. The van der Waals surface area contributed by atoms with Crippen molar-refractivity contribution in [3.05, 3.63) is 24.4 Å². The van der Waals surface area contributed by atoms with Gasteiger partial charge >= 0.3 is 6.09 Å². The van der Waals surface area contributed by atoms with E-state index >= 15 is 0 Å². The van der Waals surface area contributed by atoms with Crippen molar-refractivity contribution in [1.29, 1.82) is 0 Å². The van der Waals surface area contributed by atoms with E-state index in [1.807, 2.05) is 18.2 Å². The van der Waals surface area contributed by atoms with Gasteiger partial charge < -0.3 is 14.9 Å². The van der Waals surface area contributed by atoms with Crippen molar-refractivity contribution >= 4 is 11.9 Å². The third kappa shape index (κ3) is 1.31. The molecule has 0 aromatic carbocycles. The fraction of sp³-hybridized carbons (Fsp3) is 0.455. The van der Waals surface area contributed by atoms with E-state index < -0.39 is 6.09 Å². The Labute approximate surface area is 93.3 Å². The smallest absolute Gasteiger partial charge is 0.407 e. The number of rotatable bonds is 1. The van der Waals surface area contributed by atoms with Crippen LogP contribution in [-0.4, -0.2) is 46.3 Å². The molecule has 2 aliphatic heterocycles. The molecule has 2 saturated heterocycles. The van der Waals surface area contributed by atoms with Crippen LogP contribution in [0.5, 0.6) is 0 Å². The Hall–Kier alpha value is -1.78. The number of carboxylic acid groups (broad SMARTS) is 1. The van der Waals surface area contributed by atoms with E-state index in [-0.39, 0.29) is 6.04 Å². The van der Waals surface area contributed by atoms with Gasteiger partial charge in [-0.05, 0) is 18.6 Å². The van der Waals surface area contributed by atoms with Crippen LogP contribution < -0.4 is 4.90 Å². The molecule has 1 aromatic rings. The molecule has 16 heavy (non-hydrogen) atoms. The predicted octanol–water partition coefficient (Wildman–Crippen LogP) is 1.02. The van der Waals surface area contributed by atoms with Crippen molar-refractivity contribution in [2.45, 2.75) is 18.5 Å². The Bertz CT molecular complexity index is 409. The lowest BCUT2D eigenvalue weighted by molar-refractivity contribution is 0.137. The van der Waals surface area contributed by atoms with Gasteiger partial charge in [-0.15, -0.1) is 0 Å². The first kappa shape index (κ1) is 9.45. The minimum absolute atomic E-state index is 0.143. The molecule has 3 heterocycles. The highest BCUT2D eigenvalue weighted by Crippen LogP contribution is 2.33. The highest BCUT2D eigenvalue weighted by molar-refractivity contribution is 5.67. The largest absolute Gasteiger partial charge is 0.465 e. The second kappa shape index (κ2) is 3.37. The molecule has 5 nitrogen and oxygen atoms in total. The summed E-state index contributed by atoms with van der Waals surface area (Å²) in [4.78, 5) is 19.0. The van der Waals surface area contributed by atoms with Crippen LogP contribution in [0.1, 0.15) is 6.42 Å². The van der Waals surface area contributed by atoms with Crippen LogP contribution in [0, 0.1) is 0 Å². The first-order valence-electron chi connectivity index (χ1n) is 5.43. The molecule has 1 aromatic heterocycles. The van der Waals surface area contributed by atoms with Crippen LogP contribution in [0.25, 0.3) is 0 Å². The minimum atomic E-state index is -0.798. The number of amides is 1. The second-order valence-electron chi connectivity index (χ2n) is 4.32. The van der Waals surface area contributed by atoms with Gasteiger partial charge in [-0.25, -0.2) is 9.78 Å². The molecule has 84 valence electrons. The van der Waals surface area contributed by atoms with E-state index in [1.54, 1.807) is 11.1 Å². The lowest BCUT2D eigenvalue weighted by atomic mass is 10.2. The SMILES string of the molecule is O=C(O)N1C[C@@H]2C[C@H]1CN2c1ccccn1. The summed E-state index contributed by atoms with van der Waals surface area (Å²) in [6.45, 7) is 1.38. The van der Waals surface area contributed by atoms with Crippen LogP contribution in [-0.2, 0) is 0 Å². The number of likely N-dealkylation sites (tertiary alicyclic amines) is 1. The van der Waals surface area contributed by atoms with Crippen molar-refractivity contribution in [3.8, 4) is 0 Å². The van der Waals surface area contributed by atoms with Crippen molar-refractivity contribution in [2.24, 2.45) is 0 Å². The lowest BCUT2D eigenvalue weighted by Crippen LogP contribution is -2.48. The fourth-order valence-corrected chi connectivity index (χ4v) is 2.71. The summed E-state index contributed by atoms with van der Waals surface area (Å²) in [5, 5.41) is 8.98. The number of fused-ring (bicyclic) bond motifs is 2. The molecule has 2 aliphatic rings. The van der Waals surface area contributed by atoms with Gasteiger partial charge in [0.1, 0.15) is 5.82 Å². The Morgan fingerprint density at radius 3 is 2.81 bits per heavy atom. The molecule has 0 unspecified atom stereocenters. The molecule has 5 heteroatoms. The average Bonchev–Trinajstić information content (AvgIpc) is 2.89. The number of piperazine rings is 1. The molecular weight excluding hydrogens is 206 g/mol. The van der Waals surface area contributed by atoms with Crippen molar-refractivity contribution in [1.82, 2.24) is 9.88 Å². The topological polar surface area (TPSA) is 56.7 Å². The molecular formula is C11H13N3O2. The van der Waals surface area contributed by atoms with Crippen molar-refractivity contribution in [3.63, 3.8) is 0 Å². The van der Waals surface area contributed by atoms with E-state index in [1.165, 1.54) is 0 Å². The molecule has 2 bridgehead atoms. The summed E-state index contributed by atoms with van der Waals surface area (Å²) in [6, 6.07) is 6.27. The van der Waals surface area contributed by atoms with E-state index in [4.69, 9.17) is 5.11 Å². The molecule has 1 N–H and O–H groups in total. The van der Waals surface area contributed by atoms with Crippen LogP contribution in [0.2, 0.25) is 0 Å². The lowest BCUT2D eigenvalue weighted by Gasteiger charge is -2.33. The molecule has 2 atom stereocenters. The maximum Gasteiger partial charge on any atom is 0.407 e. The van der Waals surface area contributed by atoms with Gasteiger partial charge in [-0.3, -0.25) is 0 Å². The molecule has 0 spiro atoms. The third-order valence-corrected chi connectivity index (χ3v) is 3.43. The quantitative estimate of drug-likeness (QED) is 0.766. The summed E-state index contributed by atoms with van der Waals surface area (Å²) in [5.74, 6) is 0.958. The molecule has 1 amide bonds. The van der Waals surface area contributed by atoms with Gasteiger partial charge in [-0.2, -0.15) is 0 Å². The van der Waals surface area contributed by atoms with Crippen molar-refractivity contribution < 1.29 is 9.90 Å². The monoisotopic (exact) mass is 219 g/mol. The number of anilines is 1. The summed E-state index contributed by atoms with van der Waals surface area (Å²) in [6.07, 6.45) is 1.91. The van der Waals surface area contributed by atoms with Gasteiger partial charge in [0.05, 0.1) is 12.1 Å². The van der Waals surface area contributed by atoms with E-state index in [0.717, 1.165) is 18.8 Å². The number of hydrogen-bond donors (Lipinski definition) is 1. The zero-order valence-electron chi connectivity index (χ0n) is 8.78. The number of pyridine rings is 1. The highest BCUT2D eigenvalue weighted by Gasteiger charge is 2.45. The summed E-state index contributed by atoms with van der Waals surface area (Å²) in [7, 11) is 0. The van der Waals surface area contributed by atoms with Crippen molar-refractivity contribution in [2.75, 3.05) is 18.0 Å². The summed E-state index contributed by atoms with van der Waals surface area (Å²) in [5.41, 5.74) is 0. The number of aromatic nitrogens is 1. The summed E-state index contributed by atoms with van der Waals surface area (Å²) < 4.78 is 0. The second-order valence-corrected chi connectivity index (χ2v) is 4.32. The van der Waals surface area contributed by atoms with Gasteiger partial charge in [0.25, 0.3) is 0 Å². The number of nitrogens with zero attached hydrogens (tertiary/aromatic N) is 3. The average molecular weight is 219 g/mol. The maximum absolute atomic E-state index is 10.9. The molecule has 0 radical (unpaired) electrons. The van der Waals surface area contributed by atoms with Crippen LogP contribution >= 0.6 is 0 Å². The van der Waals surface area contributed by atoms with E-state index in [9.17, 15) is 4.79 Å². The van der Waals surface area contributed by atoms with Crippen LogP contribution in [0.3, 0.4) is 0 Å². The predicted molar refractivity (Wildman–Crippen MR) is 58.5 cm³/mol. The standard InChI is InChI=1S/C11H13N3O2/c15-11(16)14-7-8-5-9(14)6-13(8)10-3-1-2-4-12-10/h1-4,8-9H,5-7H2,(H,15,16)/t8-,9-/m0/s1. The zero-order chi connectivity index (χ0) is 11.1. The minimum Gasteiger partial charge on any atom is -0.465 e. The van der Waals surface area contributed by atoms with Crippen LogP contribution in [0.4, 0.5) is 10.6 Å². The molecule has 0 aliphatic carbocycles. The molecule has 3 rings (SSSR count). The normalized spacial score (nSPS) is 27.5. The van der Waals surface area contributed by atoms with E-state index in [2.05, 4.69) is 9.88 Å². The molecule has 2 fully saturated rings. The van der Waals surface area contributed by atoms with Gasteiger partial charge in [0.15, 0.2) is 0 Å². The number of hydrogen-bond acceptors (Lipinski definition) is 3. The Kier molecular flexibility index (Phi) is 1.99. The van der Waals surface area contributed by atoms with Gasteiger partial charge in [-0.1, -0.05) is 6.07 Å². The zero-order valence-corrected chi connectivity index (χ0v) is 8.78. The van der Waals surface area contributed by atoms with Crippen LogP contribution in [0.15, 0.2) is 24.4 Å². The Morgan fingerprint density at radius 2 is 2.25 bits per heavy atom. The maximum atomic E-state index is 10.9. The Balaban J connectivity index is 1.79. The third-order valence-electron chi connectivity index (χ3n) is 3.43. The Morgan fingerprint density at radius 1 is 1.38 bits per heavy atom.